The maximum absolute atomic E-state index is 12.6. The number of hydrogen-bond acceptors (Lipinski definition) is 6. The molecular weight excluding hydrogens is 414 g/mol. The summed E-state index contributed by atoms with van der Waals surface area (Å²) >= 11 is 0. The monoisotopic (exact) mass is 449 g/mol. The number of carbonyl (C=O) groups excluding carboxylic acids is 1. The normalized spacial score (nSPS) is 30.4. The highest BCUT2D eigenvalue weighted by atomic mass is 32.2. The largest absolute Gasteiger partial charge is 0.444 e. The average Bonchev–Trinajstić information content (AvgIpc) is 3.05. The molecule has 3 aliphatic heterocycles. The molecule has 1 aromatic rings. The lowest BCUT2D eigenvalue weighted by Crippen LogP contribution is -2.40. The molecule has 2 unspecified atom stereocenters. The first-order valence-electron chi connectivity index (χ1n) is 11.1. The van der Waals surface area contributed by atoms with Crippen molar-refractivity contribution in [2.24, 2.45) is 10.8 Å². The Morgan fingerprint density at radius 3 is 1.77 bits per heavy atom. The van der Waals surface area contributed by atoms with Crippen LogP contribution in [0.5, 0.6) is 0 Å². The number of fused-ring (bicyclic) bond motifs is 1. The lowest BCUT2D eigenvalue weighted by Gasteiger charge is -2.30. The molecule has 1 aromatic carbocycles. The summed E-state index contributed by atoms with van der Waals surface area (Å²) in [7, 11) is -2.88. The topological polar surface area (TPSA) is 70.2 Å². The van der Waals surface area contributed by atoms with Gasteiger partial charge in [-0.25, -0.2) is 13.2 Å². The number of anilines is 2. The number of nitrogens with zero attached hydrogens (tertiary/aromatic N) is 3. The SMILES string of the molecule is CC(C)(C)OC(=O)N1CC2(C)CN(c3ccc(N4CCS(=O)(=O)CC4)cc3)CC2(C)C1. The van der Waals surface area contributed by atoms with Gasteiger partial charge in [-0.05, 0) is 45.0 Å². The number of benzene rings is 1. The van der Waals surface area contributed by atoms with Gasteiger partial charge in [-0.2, -0.15) is 0 Å². The van der Waals surface area contributed by atoms with E-state index in [-0.39, 0.29) is 28.4 Å². The first kappa shape index (κ1) is 22.2. The highest BCUT2D eigenvalue weighted by Gasteiger charge is 2.59. The molecule has 0 bridgehead atoms. The van der Waals surface area contributed by atoms with Crippen molar-refractivity contribution in [2.75, 3.05) is 60.6 Å². The number of ether oxygens (including phenoxy) is 1. The first-order chi connectivity index (χ1) is 14.3. The lowest BCUT2D eigenvalue weighted by molar-refractivity contribution is 0.0269. The fourth-order valence-corrected chi connectivity index (χ4v) is 6.34. The van der Waals surface area contributed by atoms with Gasteiger partial charge in [0, 0.05) is 61.5 Å². The number of rotatable bonds is 2. The molecule has 3 saturated heterocycles. The zero-order valence-corrected chi connectivity index (χ0v) is 20.2. The molecule has 0 aromatic heterocycles. The van der Waals surface area contributed by atoms with Gasteiger partial charge in [-0.1, -0.05) is 13.8 Å². The summed E-state index contributed by atoms with van der Waals surface area (Å²) < 4.78 is 29.0. The number of hydrogen-bond donors (Lipinski definition) is 0. The van der Waals surface area contributed by atoms with Crippen molar-refractivity contribution >= 4 is 27.3 Å². The minimum atomic E-state index is -2.88. The van der Waals surface area contributed by atoms with Crippen molar-refractivity contribution in [1.29, 1.82) is 0 Å². The number of sulfone groups is 1. The van der Waals surface area contributed by atoms with Crippen LogP contribution in [0.3, 0.4) is 0 Å². The van der Waals surface area contributed by atoms with Crippen LogP contribution in [0.15, 0.2) is 24.3 Å². The van der Waals surface area contributed by atoms with Crippen molar-refractivity contribution in [3.63, 3.8) is 0 Å². The van der Waals surface area contributed by atoms with E-state index >= 15 is 0 Å². The fourth-order valence-electron chi connectivity index (χ4n) is 5.14. The highest BCUT2D eigenvalue weighted by molar-refractivity contribution is 7.91. The maximum atomic E-state index is 12.6. The average molecular weight is 450 g/mol. The standard InChI is InChI=1S/C23H35N3O4S/c1-21(2,3)30-20(27)26-16-22(4)14-25(15-23(22,5)17-26)19-8-6-18(7-9-19)24-10-12-31(28,29)13-11-24/h6-9H,10-17H2,1-5H3. The minimum absolute atomic E-state index is 0.00377. The van der Waals surface area contributed by atoms with E-state index < -0.39 is 15.4 Å². The zero-order valence-electron chi connectivity index (χ0n) is 19.3. The lowest BCUT2D eigenvalue weighted by atomic mass is 9.71. The fraction of sp³-hybridized carbons (Fsp3) is 0.696. The molecule has 0 N–H and O–H groups in total. The van der Waals surface area contributed by atoms with Crippen molar-refractivity contribution in [2.45, 2.75) is 40.2 Å². The van der Waals surface area contributed by atoms with E-state index in [9.17, 15) is 13.2 Å². The Kier molecular flexibility index (Phi) is 5.23. The van der Waals surface area contributed by atoms with Gasteiger partial charge in [0.15, 0.2) is 9.84 Å². The summed E-state index contributed by atoms with van der Waals surface area (Å²) in [6.45, 7) is 14.6. The molecule has 3 fully saturated rings. The molecule has 172 valence electrons. The summed E-state index contributed by atoms with van der Waals surface area (Å²) in [5.74, 6) is 0.456. The molecule has 0 radical (unpaired) electrons. The summed E-state index contributed by atoms with van der Waals surface area (Å²) in [6, 6.07) is 8.47. The zero-order chi connectivity index (χ0) is 22.7. The van der Waals surface area contributed by atoms with Gasteiger partial charge in [0.2, 0.25) is 0 Å². The van der Waals surface area contributed by atoms with E-state index in [1.807, 2.05) is 25.7 Å². The van der Waals surface area contributed by atoms with Crippen molar-refractivity contribution in [3.8, 4) is 0 Å². The van der Waals surface area contributed by atoms with Crippen LogP contribution in [0, 0.1) is 10.8 Å². The van der Waals surface area contributed by atoms with Gasteiger partial charge in [0.1, 0.15) is 5.60 Å². The molecule has 8 heteroatoms. The third kappa shape index (κ3) is 4.36. The molecule has 0 aliphatic carbocycles. The van der Waals surface area contributed by atoms with Crippen LogP contribution < -0.4 is 9.80 Å². The van der Waals surface area contributed by atoms with Crippen LogP contribution in [0.25, 0.3) is 0 Å². The van der Waals surface area contributed by atoms with Gasteiger partial charge in [0.25, 0.3) is 0 Å². The molecule has 1 amide bonds. The molecule has 7 nitrogen and oxygen atoms in total. The van der Waals surface area contributed by atoms with Gasteiger partial charge in [-0.15, -0.1) is 0 Å². The number of carbonyl (C=O) groups is 1. The van der Waals surface area contributed by atoms with E-state index in [2.05, 4.69) is 47.9 Å². The predicted molar refractivity (Wildman–Crippen MR) is 124 cm³/mol. The summed E-state index contributed by atoms with van der Waals surface area (Å²) in [5.41, 5.74) is 1.77. The molecule has 2 atom stereocenters. The second-order valence-corrected chi connectivity index (χ2v) is 13.3. The van der Waals surface area contributed by atoms with Crippen molar-refractivity contribution < 1.29 is 17.9 Å². The molecule has 0 saturated carbocycles. The van der Waals surface area contributed by atoms with Gasteiger partial charge >= 0.3 is 6.09 Å². The van der Waals surface area contributed by atoms with Crippen LogP contribution in [0.1, 0.15) is 34.6 Å². The van der Waals surface area contributed by atoms with Crippen LogP contribution in [0.4, 0.5) is 16.2 Å². The Bertz CT molecular complexity index is 922. The van der Waals surface area contributed by atoms with E-state index in [0.717, 1.165) is 18.8 Å². The number of amides is 1. The Labute approximate surface area is 186 Å². The second kappa shape index (κ2) is 7.29. The van der Waals surface area contributed by atoms with Crippen LogP contribution in [0.2, 0.25) is 0 Å². The molecular formula is C23H35N3O4S. The van der Waals surface area contributed by atoms with Crippen LogP contribution in [-0.4, -0.2) is 75.8 Å². The van der Waals surface area contributed by atoms with E-state index in [1.165, 1.54) is 5.69 Å². The maximum Gasteiger partial charge on any atom is 0.410 e. The molecule has 3 heterocycles. The third-order valence-corrected chi connectivity index (χ3v) is 8.80. The summed E-state index contributed by atoms with van der Waals surface area (Å²) in [6.07, 6.45) is -0.219. The minimum Gasteiger partial charge on any atom is -0.444 e. The molecule has 4 rings (SSSR count). The van der Waals surface area contributed by atoms with Crippen molar-refractivity contribution in [1.82, 2.24) is 4.90 Å². The Balaban J connectivity index is 1.42. The molecule has 31 heavy (non-hydrogen) atoms. The van der Waals surface area contributed by atoms with E-state index in [4.69, 9.17) is 4.74 Å². The molecule has 0 spiro atoms. The second-order valence-electron chi connectivity index (χ2n) is 11.0. The summed E-state index contributed by atoms with van der Waals surface area (Å²) in [4.78, 5) is 19.0. The number of likely N-dealkylation sites (tertiary alicyclic amines) is 1. The smallest absolute Gasteiger partial charge is 0.410 e. The summed E-state index contributed by atoms with van der Waals surface area (Å²) in [5, 5.41) is 0. The van der Waals surface area contributed by atoms with Crippen LogP contribution >= 0.6 is 0 Å². The Morgan fingerprint density at radius 1 is 0.871 bits per heavy atom. The van der Waals surface area contributed by atoms with E-state index in [1.54, 1.807) is 0 Å². The first-order valence-corrected chi connectivity index (χ1v) is 12.9. The Hall–Kier alpha value is -1.96. The predicted octanol–water partition coefficient (Wildman–Crippen LogP) is 3.00. The van der Waals surface area contributed by atoms with Gasteiger partial charge in [-0.3, -0.25) is 0 Å². The highest BCUT2D eigenvalue weighted by Crippen LogP contribution is 2.52. The Morgan fingerprint density at radius 2 is 1.32 bits per heavy atom. The third-order valence-electron chi connectivity index (χ3n) is 7.19. The van der Waals surface area contributed by atoms with Gasteiger partial charge < -0.3 is 19.4 Å². The van der Waals surface area contributed by atoms with Crippen molar-refractivity contribution in [3.05, 3.63) is 24.3 Å². The quantitative estimate of drug-likeness (QED) is 0.691. The molecule has 3 aliphatic rings. The van der Waals surface area contributed by atoms with Crippen LogP contribution in [-0.2, 0) is 14.6 Å². The van der Waals surface area contributed by atoms with Gasteiger partial charge in [0.05, 0.1) is 11.5 Å². The van der Waals surface area contributed by atoms with E-state index in [0.29, 0.717) is 26.2 Å².